The molecule has 0 aromatic heterocycles. The molecule has 120 valence electrons. The van der Waals surface area contributed by atoms with Crippen molar-refractivity contribution in [2.75, 3.05) is 20.2 Å². The van der Waals surface area contributed by atoms with E-state index < -0.39 is 0 Å². The van der Waals surface area contributed by atoms with Crippen LogP contribution in [0.15, 0.2) is 18.2 Å². The minimum atomic E-state index is 0.0644. The van der Waals surface area contributed by atoms with Crippen molar-refractivity contribution in [2.24, 2.45) is 5.41 Å². The second-order valence-electron chi connectivity index (χ2n) is 6.75. The molecule has 2 fully saturated rings. The third kappa shape index (κ3) is 2.65. The molecule has 3 rings (SSSR count). The molecule has 2 aliphatic rings. The van der Waals surface area contributed by atoms with Crippen LogP contribution in [-0.2, 0) is 4.74 Å². The van der Waals surface area contributed by atoms with Crippen LogP contribution in [0.4, 0.5) is 0 Å². The summed E-state index contributed by atoms with van der Waals surface area (Å²) in [6.07, 6.45) is 5.98. The molecule has 1 saturated carbocycles. The SMILES string of the molecule is CO[C@@H]1CCC[C@@]12CCCN(C(=O)c1cccc(C)c1Cl)C2. The van der Waals surface area contributed by atoms with E-state index in [2.05, 4.69) is 0 Å². The van der Waals surface area contributed by atoms with Gasteiger partial charge in [0, 0.05) is 25.6 Å². The van der Waals surface area contributed by atoms with E-state index in [1.165, 1.54) is 6.42 Å². The summed E-state index contributed by atoms with van der Waals surface area (Å²) < 4.78 is 5.72. The quantitative estimate of drug-likeness (QED) is 0.821. The summed E-state index contributed by atoms with van der Waals surface area (Å²) in [5.41, 5.74) is 1.74. The molecule has 1 aromatic carbocycles. The van der Waals surface area contributed by atoms with E-state index in [0.717, 1.165) is 44.3 Å². The summed E-state index contributed by atoms with van der Waals surface area (Å²) in [5.74, 6) is 0.0644. The molecule has 0 bridgehead atoms. The minimum absolute atomic E-state index is 0.0644. The van der Waals surface area contributed by atoms with E-state index in [4.69, 9.17) is 16.3 Å². The molecule has 1 amide bonds. The molecule has 2 atom stereocenters. The maximum absolute atomic E-state index is 12.9. The fourth-order valence-electron chi connectivity index (χ4n) is 4.26. The van der Waals surface area contributed by atoms with Gasteiger partial charge in [0.1, 0.15) is 0 Å². The average molecular weight is 322 g/mol. The van der Waals surface area contributed by atoms with Crippen molar-refractivity contribution in [3.63, 3.8) is 0 Å². The monoisotopic (exact) mass is 321 g/mol. The summed E-state index contributed by atoms with van der Waals surface area (Å²) >= 11 is 6.34. The van der Waals surface area contributed by atoms with Gasteiger partial charge in [-0.25, -0.2) is 0 Å². The van der Waals surface area contributed by atoms with Gasteiger partial charge < -0.3 is 9.64 Å². The molecule has 1 aliphatic carbocycles. The number of ether oxygens (including phenoxy) is 1. The Morgan fingerprint density at radius 3 is 2.91 bits per heavy atom. The van der Waals surface area contributed by atoms with Gasteiger partial charge in [-0.3, -0.25) is 4.79 Å². The molecule has 3 nitrogen and oxygen atoms in total. The maximum atomic E-state index is 12.9. The molecular formula is C18H24ClNO2. The van der Waals surface area contributed by atoms with E-state index in [1.807, 2.05) is 30.0 Å². The number of halogens is 1. The lowest BCUT2D eigenvalue weighted by molar-refractivity contribution is -0.0295. The van der Waals surface area contributed by atoms with Gasteiger partial charge in [-0.2, -0.15) is 0 Å². The lowest BCUT2D eigenvalue weighted by Crippen LogP contribution is -2.49. The van der Waals surface area contributed by atoms with Crippen molar-refractivity contribution in [2.45, 2.75) is 45.1 Å². The zero-order chi connectivity index (χ0) is 15.7. The fraction of sp³-hybridized carbons (Fsp3) is 0.611. The molecule has 4 heteroatoms. The largest absolute Gasteiger partial charge is 0.381 e. The topological polar surface area (TPSA) is 29.5 Å². The molecule has 0 N–H and O–H groups in total. The summed E-state index contributed by atoms with van der Waals surface area (Å²) in [7, 11) is 1.80. The van der Waals surface area contributed by atoms with E-state index in [1.54, 1.807) is 7.11 Å². The van der Waals surface area contributed by atoms with Crippen molar-refractivity contribution in [1.82, 2.24) is 4.90 Å². The normalized spacial score (nSPS) is 28.3. The van der Waals surface area contributed by atoms with E-state index >= 15 is 0 Å². The molecule has 1 aliphatic heterocycles. The highest BCUT2D eigenvalue weighted by Gasteiger charge is 2.46. The van der Waals surface area contributed by atoms with Crippen molar-refractivity contribution in [1.29, 1.82) is 0 Å². The number of rotatable bonds is 2. The van der Waals surface area contributed by atoms with E-state index in [9.17, 15) is 4.79 Å². The number of piperidine rings is 1. The zero-order valence-corrected chi connectivity index (χ0v) is 14.2. The Hall–Kier alpha value is -1.06. The number of carbonyl (C=O) groups is 1. The third-order valence-electron chi connectivity index (χ3n) is 5.43. The van der Waals surface area contributed by atoms with Crippen LogP contribution < -0.4 is 0 Å². The van der Waals surface area contributed by atoms with Gasteiger partial charge in [-0.15, -0.1) is 0 Å². The van der Waals surface area contributed by atoms with Crippen LogP contribution in [0.25, 0.3) is 0 Å². The predicted molar refractivity (Wildman–Crippen MR) is 88.4 cm³/mol. The third-order valence-corrected chi connectivity index (χ3v) is 5.93. The highest BCUT2D eigenvalue weighted by atomic mass is 35.5. The van der Waals surface area contributed by atoms with Crippen LogP contribution in [0.2, 0.25) is 5.02 Å². The molecular weight excluding hydrogens is 298 g/mol. The van der Waals surface area contributed by atoms with Crippen molar-refractivity contribution in [3.8, 4) is 0 Å². The molecule has 1 spiro atoms. The summed E-state index contributed by atoms with van der Waals surface area (Å²) in [5, 5.41) is 0.585. The number of benzene rings is 1. The Bertz CT molecular complexity index is 574. The maximum Gasteiger partial charge on any atom is 0.255 e. The van der Waals surface area contributed by atoms with Crippen LogP contribution in [0.1, 0.15) is 48.0 Å². The Balaban J connectivity index is 1.83. The predicted octanol–water partition coefficient (Wildman–Crippen LogP) is 4.07. The number of hydrogen-bond acceptors (Lipinski definition) is 2. The van der Waals surface area contributed by atoms with Gasteiger partial charge in [-0.05, 0) is 44.2 Å². The highest BCUT2D eigenvalue weighted by Crippen LogP contribution is 2.46. The number of likely N-dealkylation sites (tertiary alicyclic amines) is 1. The van der Waals surface area contributed by atoms with Crippen LogP contribution in [0, 0.1) is 12.3 Å². The molecule has 1 saturated heterocycles. The lowest BCUT2D eigenvalue weighted by atomic mass is 9.76. The molecule has 22 heavy (non-hydrogen) atoms. The first-order valence-electron chi connectivity index (χ1n) is 8.14. The highest BCUT2D eigenvalue weighted by molar-refractivity contribution is 6.34. The zero-order valence-electron chi connectivity index (χ0n) is 13.4. The summed E-state index contributed by atoms with van der Waals surface area (Å²) in [6, 6.07) is 5.68. The Labute approximate surface area is 137 Å². The second-order valence-corrected chi connectivity index (χ2v) is 7.12. The first kappa shape index (κ1) is 15.8. The van der Waals surface area contributed by atoms with E-state index in [0.29, 0.717) is 10.6 Å². The standard InChI is InChI=1S/C18H24ClNO2/c1-13-6-3-7-14(16(13)19)17(21)20-11-5-10-18(12-20)9-4-8-15(18)22-2/h3,6-7,15H,4-5,8-12H2,1-2H3/t15-,18+/m1/s1. The average Bonchev–Trinajstić information content (AvgIpc) is 2.91. The first-order chi connectivity index (χ1) is 10.6. The Morgan fingerprint density at radius 1 is 1.36 bits per heavy atom. The number of hydrogen-bond donors (Lipinski definition) is 0. The number of aryl methyl sites for hydroxylation is 1. The van der Waals surface area contributed by atoms with Crippen molar-refractivity contribution in [3.05, 3.63) is 34.3 Å². The van der Waals surface area contributed by atoms with Crippen LogP contribution in [0.3, 0.4) is 0 Å². The number of methoxy groups -OCH3 is 1. The smallest absolute Gasteiger partial charge is 0.255 e. The molecule has 0 unspecified atom stereocenters. The Morgan fingerprint density at radius 2 is 2.14 bits per heavy atom. The van der Waals surface area contributed by atoms with Gasteiger partial charge in [0.05, 0.1) is 16.7 Å². The van der Waals surface area contributed by atoms with Crippen molar-refractivity contribution < 1.29 is 9.53 Å². The molecule has 0 radical (unpaired) electrons. The van der Waals surface area contributed by atoms with Crippen LogP contribution in [-0.4, -0.2) is 37.1 Å². The van der Waals surface area contributed by atoms with Crippen LogP contribution in [0.5, 0.6) is 0 Å². The molecule has 1 heterocycles. The van der Waals surface area contributed by atoms with Gasteiger partial charge in [0.15, 0.2) is 0 Å². The molecule has 1 aromatic rings. The summed E-state index contributed by atoms with van der Waals surface area (Å²) in [4.78, 5) is 14.9. The lowest BCUT2D eigenvalue weighted by Gasteiger charge is -2.43. The number of amides is 1. The number of nitrogens with zero attached hydrogens (tertiary/aromatic N) is 1. The van der Waals surface area contributed by atoms with Crippen LogP contribution >= 0.6 is 11.6 Å². The van der Waals surface area contributed by atoms with E-state index in [-0.39, 0.29) is 17.4 Å². The number of carbonyl (C=O) groups excluding carboxylic acids is 1. The van der Waals surface area contributed by atoms with Gasteiger partial charge >= 0.3 is 0 Å². The summed E-state index contributed by atoms with van der Waals surface area (Å²) in [6.45, 7) is 3.56. The second kappa shape index (κ2) is 6.21. The van der Waals surface area contributed by atoms with Gasteiger partial charge in [0.25, 0.3) is 5.91 Å². The first-order valence-corrected chi connectivity index (χ1v) is 8.52. The van der Waals surface area contributed by atoms with Gasteiger partial charge in [0.2, 0.25) is 0 Å². The Kier molecular flexibility index (Phi) is 4.47. The fourth-order valence-corrected chi connectivity index (χ4v) is 4.46. The van der Waals surface area contributed by atoms with Gasteiger partial charge in [-0.1, -0.05) is 30.2 Å². The van der Waals surface area contributed by atoms with Crippen molar-refractivity contribution >= 4 is 17.5 Å². The minimum Gasteiger partial charge on any atom is -0.381 e.